The summed E-state index contributed by atoms with van der Waals surface area (Å²) in [6.45, 7) is 1.35. The molecule has 2 heterocycles. The molecule has 8 heteroatoms. The van der Waals surface area contributed by atoms with Gasteiger partial charge in [-0.2, -0.15) is 0 Å². The molecule has 0 amide bonds. The van der Waals surface area contributed by atoms with Gasteiger partial charge < -0.3 is 10.5 Å². The van der Waals surface area contributed by atoms with E-state index in [1.807, 2.05) is 23.1 Å². The highest BCUT2D eigenvalue weighted by molar-refractivity contribution is 6.12. The van der Waals surface area contributed by atoms with Crippen LogP contribution < -0.4 is 10.5 Å². The zero-order valence-electron chi connectivity index (χ0n) is 17.3. The molecule has 1 atom stereocenters. The molecular weight excluding hydrogens is 417 g/mol. The monoisotopic (exact) mass is 440 g/mol. The van der Waals surface area contributed by atoms with E-state index in [4.69, 9.17) is 15.7 Å². The SMILES string of the molecule is NC1=NC(c2ccc(OC(F)(F)F)cc2)(c2cccc(C=CC3CC3)c2)C2=NCCCN12. The third-order valence-corrected chi connectivity index (χ3v) is 5.93. The summed E-state index contributed by atoms with van der Waals surface area (Å²) in [5, 5.41) is 0. The second-order valence-corrected chi connectivity index (χ2v) is 8.29. The zero-order valence-corrected chi connectivity index (χ0v) is 17.3. The Bertz CT molecular complexity index is 1100. The second kappa shape index (κ2) is 7.69. The highest BCUT2D eigenvalue weighted by Crippen LogP contribution is 2.42. The van der Waals surface area contributed by atoms with Crippen LogP contribution in [0.2, 0.25) is 0 Å². The lowest BCUT2D eigenvalue weighted by atomic mass is 9.81. The van der Waals surface area contributed by atoms with Gasteiger partial charge in [0, 0.05) is 13.1 Å². The Labute approximate surface area is 184 Å². The summed E-state index contributed by atoms with van der Waals surface area (Å²) in [7, 11) is 0. The molecule has 2 aliphatic heterocycles. The fraction of sp³-hybridized carbons (Fsp3) is 0.333. The summed E-state index contributed by atoms with van der Waals surface area (Å²) in [6, 6.07) is 13.8. The maximum Gasteiger partial charge on any atom is 0.573 e. The van der Waals surface area contributed by atoms with Gasteiger partial charge in [-0.1, -0.05) is 42.5 Å². The molecule has 2 N–H and O–H groups in total. The molecule has 32 heavy (non-hydrogen) atoms. The fourth-order valence-corrected chi connectivity index (χ4v) is 4.28. The van der Waals surface area contributed by atoms with E-state index in [0.29, 0.717) is 36.4 Å². The average Bonchev–Trinajstić information content (AvgIpc) is 3.55. The number of ether oxygens (including phenoxy) is 1. The first kappa shape index (κ1) is 20.6. The number of hydrogen-bond acceptors (Lipinski definition) is 5. The van der Waals surface area contributed by atoms with Crippen molar-refractivity contribution in [3.05, 3.63) is 71.3 Å². The van der Waals surface area contributed by atoms with Crippen LogP contribution in [0.25, 0.3) is 6.08 Å². The van der Waals surface area contributed by atoms with E-state index in [2.05, 4.69) is 23.0 Å². The van der Waals surface area contributed by atoms with Gasteiger partial charge in [0.25, 0.3) is 0 Å². The molecular formula is C24H23F3N4O. The van der Waals surface area contributed by atoms with Gasteiger partial charge in [0.15, 0.2) is 11.5 Å². The molecule has 2 aromatic rings. The molecule has 166 valence electrons. The van der Waals surface area contributed by atoms with E-state index in [1.165, 1.54) is 25.0 Å². The number of nitrogens with zero attached hydrogens (tertiary/aromatic N) is 3. The van der Waals surface area contributed by atoms with Gasteiger partial charge in [-0.25, -0.2) is 4.99 Å². The number of halogens is 3. The number of guanidine groups is 1. The normalized spacial score (nSPS) is 23.2. The number of hydrogen-bond donors (Lipinski definition) is 1. The quantitative estimate of drug-likeness (QED) is 0.734. The van der Waals surface area contributed by atoms with Gasteiger partial charge in [-0.05, 0) is 60.1 Å². The molecule has 0 bridgehead atoms. The topological polar surface area (TPSA) is 63.2 Å². The predicted molar refractivity (Wildman–Crippen MR) is 117 cm³/mol. The molecule has 1 fully saturated rings. The second-order valence-electron chi connectivity index (χ2n) is 8.29. The van der Waals surface area contributed by atoms with Gasteiger partial charge in [-0.15, -0.1) is 13.2 Å². The maximum absolute atomic E-state index is 12.6. The number of amidine groups is 1. The molecule has 5 rings (SSSR count). The molecule has 3 aliphatic rings. The Morgan fingerprint density at radius 1 is 1.09 bits per heavy atom. The highest BCUT2D eigenvalue weighted by atomic mass is 19.4. The van der Waals surface area contributed by atoms with Crippen LogP contribution in [0, 0.1) is 5.92 Å². The third kappa shape index (κ3) is 3.85. The first-order valence-electron chi connectivity index (χ1n) is 10.7. The van der Waals surface area contributed by atoms with E-state index >= 15 is 0 Å². The highest BCUT2D eigenvalue weighted by Gasteiger charge is 2.49. The number of rotatable bonds is 5. The molecule has 1 unspecified atom stereocenters. The standard InChI is InChI=1S/C24H23F3N4O/c25-24(26,27)32-20-11-9-18(10-12-20)23(21-29-13-2-14-31(21)22(28)30-23)19-4-1-3-17(15-19)8-7-16-5-6-16/h1,3-4,7-12,15-16H,2,5-6,13-14H2,(H2,28,30). The number of alkyl halides is 3. The Kier molecular flexibility index (Phi) is 4.95. The molecule has 0 radical (unpaired) electrons. The van der Waals surface area contributed by atoms with Gasteiger partial charge in [0.2, 0.25) is 0 Å². The van der Waals surface area contributed by atoms with Crippen molar-refractivity contribution in [3.8, 4) is 5.75 Å². The number of aliphatic imine (C=N–C) groups is 2. The van der Waals surface area contributed by atoms with Crippen molar-refractivity contribution >= 4 is 17.9 Å². The first-order valence-corrected chi connectivity index (χ1v) is 10.7. The van der Waals surface area contributed by atoms with E-state index in [9.17, 15) is 13.2 Å². The molecule has 0 saturated heterocycles. The predicted octanol–water partition coefficient (Wildman–Crippen LogP) is 4.68. The molecule has 0 aromatic heterocycles. The summed E-state index contributed by atoms with van der Waals surface area (Å²) < 4.78 is 42.0. The number of fused-ring (bicyclic) bond motifs is 1. The van der Waals surface area contributed by atoms with E-state index in [1.54, 1.807) is 12.1 Å². The van der Waals surface area contributed by atoms with Crippen LogP contribution in [0.5, 0.6) is 5.75 Å². The van der Waals surface area contributed by atoms with E-state index < -0.39 is 11.9 Å². The van der Waals surface area contributed by atoms with Crippen LogP contribution in [0.1, 0.15) is 36.0 Å². The minimum Gasteiger partial charge on any atom is -0.406 e. The Morgan fingerprint density at radius 3 is 2.59 bits per heavy atom. The van der Waals surface area contributed by atoms with Gasteiger partial charge in [0.05, 0.1) is 0 Å². The van der Waals surface area contributed by atoms with Crippen LogP contribution in [-0.2, 0) is 5.54 Å². The molecule has 5 nitrogen and oxygen atoms in total. The van der Waals surface area contributed by atoms with Crippen LogP contribution in [0.3, 0.4) is 0 Å². The smallest absolute Gasteiger partial charge is 0.406 e. The Balaban J connectivity index is 1.61. The number of allylic oxidation sites excluding steroid dienone is 1. The molecule has 0 spiro atoms. The minimum atomic E-state index is -4.75. The van der Waals surface area contributed by atoms with Crippen molar-refractivity contribution in [3.63, 3.8) is 0 Å². The molecule has 2 aromatic carbocycles. The molecule has 1 aliphatic carbocycles. The number of nitrogens with two attached hydrogens (primary N) is 1. The van der Waals surface area contributed by atoms with Crippen LogP contribution in [0.15, 0.2) is 64.6 Å². The lowest BCUT2D eigenvalue weighted by Gasteiger charge is -2.33. The van der Waals surface area contributed by atoms with Crippen molar-refractivity contribution in [1.82, 2.24) is 4.90 Å². The fourth-order valence-electron chi connectivity index (χ4n) is 4.28. The lowest BCUT2D eigenvalue weighted by Crippen LogP contribution is -2.46. The van der Waals surface area contributed by atoms with Crippen molar-refractivity contribution in [2.24, 2.45) is 21.6 Å². The van der Waals surface area contributed by atoms with E-state index in [-0.39, 0.29) is 5.75 Å². The van der Waals surface area contributed by atoms with Crippen LogP contribution in [-0.4, -0.2) is 36.1 Å². The Morgan fingerprint density at radius 2 is 1.88 bits per heavy atom. The maximum atomic E-state index is 12.6. The summed E-state index contributed by atoms with van der Waals surface area (Å²) in [5.41, 5.74) is 7.87. The van der Waals surface area contributed by atoms with E-state index in [0.717, 1.165) is 17.5 Å². The van der Waals surface area contributed by atoms with Crippen molar-refractivity contribution in [1.29, 1.82) is 0 Å². The zero-order chi connectivity index (χ0) is 22.3. The summed E-state index contributed by atoms with van der Waals surface area (Å²) in [6.07, 6.45) is 2.88. The summed E-state index contributed by atoms with van der Waals surface area (Å²) >= 11 is 0. The Hall–Kier alpha value is -3.29. The summed E-state index contributed by atoms with van der Waals surface area (Å²) in [5.74, 6) is 1.43. The van der Waals surface area contributed by atoms with Crippen molar-refractivity contribution < 1.29 is 17.9 Å². The third-order valence-electron chi connectivity index (χ3n) is 5.93. The van der Waals surface area contributed by atoms with Crippen molar-refractivity contribution in [2.45, 2.75) is 31.2 Å². The van der Waals surface area contributed by atoms with Crippen molar-refractivity contribution in [2.75, 3.05) is 13.1 Å². The largest absolute Gasteiger partial charge is 0.573 e. The van der Waals surface area contributed by atoms with Crippen LogP contribution >= 0.6 is 0 Å². The first-order chi connectivity index (χ1) is 15.3. The van der Waals surface area contributed by atoms with Crippen LogP contribution in [0.4, 0.5) is 13.2 Å². The van der Waals surface area contributed by atoms with Gasteiger partial charge >= 0.3 is 6.36 Å². The lowest BCUT2D eigenvalue weighted by molar-refractivity contribution is -0.274. The van der Waals surface area contributed by atoms with Gasteiger partial charge in [-0.3, -0.25) is 9.89 Å². The number of benzene rings is 2. The summed E-state index contributed by atoms with van der Waals surface area (Å²) in [4.78, 5) is 11.5. The molecule has 1 saturated carbocycles. The average molecular weight is 440 g/mol. The minimum absolute atomic E-state index is 0.282. The van der Waals surface area contributed by atoms with Gasteiger partial charge in [0.1, 0.15) is 11.6 Å².